The van der Waals surface area contributed by atoms with E-state index in [0.29, 0.717) is 30.0 Å². The molecule has 0 unspecified atom stereocenters. The van der Waals surface area contributed by atoms with Crippen LogP contribution in [-0.2, 0) is 19.6 Å². The fourth-order valence-corrected chi connectivity index (χ4v) is 4.58. The van der Waals surface area contributed by atoms with Crippen LogP contribution < -0.4 is 0 Å². The zero-order valence-electron chi connectivity index (χ0n) is 14.6. The summed E-state index contributed by atoms with van der Waals surface area (Å²) in [6, 6.07) is 5.35. The normalized spacial score (nSPS) is 16.0. The number of carboxylic acids is 1. The molecule has 138 valence electrons. The quantitative estimate of drug-likeness (QED) is 0.819. The Morgan fingerprint density at radius 3 is 2.32 bits per heavy atom. The van der Waals surface area contributed by atoms with Gasteiger partial charge in [0.15, 0.2) is 0 Å². The third-order valence-electron chi connectivity index (χ3n) is 4.33. The molecule has 8 heteroatoms. The van der Waals surface area contributed by atoms with Crippen molar-refractivity contribution >= 4 is 21.9 Å². The number of carboxylic acid groups (broad SMARTS) is 1. The number of carbonyl (C=O) groups excluding carboxylic acids is 1. The third kappa shape index (κ3) is 4.79. The van der Waals surface area contributed by atoms with E-state index in [9.17, 15) is 18.0 Å². The molecule has 0 aromatic heterocycles. The monoisotopic (exact) mass is 368 g/mol. The number of hydrogen-bond donors (Lipinski definition) is 1. The molecule has 1 aromatic rings. The van der Waals surface area contributed by atoms with Gasteiger partial charge < -0.3 is 10.0 Å². The van der Waals surface area contributed by atoms with Gasteiger partial charge >= 0.3 is 5.97 Å². The number of rotatable bonds is 6. The van der Waals surface area contributed by atoms with E-state index in [0.717, 1.165) is 5.56 Å². The van der Waals surface area contributed by atoms with Crippen LogP contribution >= 0.6 is 0 Å². The Labute approximate surface area is 148 Å². The minimum absolute atomic E-state index is 0.0350. The van der Waals surface area contributed by atoms with Gasteiger partial charge in [0.1, 0.15) is 0 Å². The van der Waals surface area contributed by atoms with E-state index in [4.69, 9.17) is 5.11 Å². The summed E-state index contributed by atoms with van der Waals surface area (Å²) >= 11 is 0. The molecule has 1 aliphatic rings. The SMILES string of the molecule is Cc1ccc(C)c(S(=O)(=O)N2CCN(C(=O)CCCC(=O)O)CC2)c1. The molecule has 0 saturated carbocycles. The molecule has 1 aromatic carbocycles. The van der Waals surface area contributed by atoms with Gasteiger partial charge in [0.25, 0.3) is 0 Å². The molecule has 1 N–H and O–H groups in total. The molecule has 0 atom stereocenters. The Morgan fingerprint density at radius 1 is 1.08 bits per heavy atom. The number of nitrogens with zero attached hydrogens (tertiary/aromatic N) is 2. The smallest absolute Gasteiger partial charge is 0.303 e. The summed E-state index contributed by atoms with van der Waals surface area (Å²) in [6.45, 7) is 4.79. The molecule has 1 aliphatic heterocycles. The molecule has 1 amide bonds. The van der Waals surface area contributed by atoms with Gasteiger partial charge in [-0.2, -0.15) is 4.31 Å². The largest absolute Gasteiger partial charge is 0.481 e. The first-order valence-electron chi connectivity index (χ1n) is 8.29. The predicted molar refractivity (Wildman–Crippen MR) is 92.7 cm³/mol. The first-order chi connectivity index (χ1) is 11.7. The van der Waals surface area contributed by atoms with Gasteiger partial charge in [0, 0.05) is 39.0 Å². The van der Waals surface area contributed by atoms with Crippen LogP contribution in [0, 0.1) is 13.8 Å². The van der Waals surface area contributed by atoms with E-state index in [2.05, 4.69) is 0 Å². The summed E-state index contributed by atoms with van der Waals surface area (Å²) in [7, 11) is -3.57. The number of aryl methyl sites for hydroxylation is 2. The van der Waals surface area contributed by atoms with Gasteiger partial charge in [-0.3, -0.25) is 9.59 Å². The maximum atomic E-state index is 12.8. The summed E-state index contributed by atoms with van der Waals surface area (Å²) in [5, 5.41) is 8.61. The highest BCUT2D eigenvalue weighted by atomic mass is 32.2. The average Bonchev–Trinajstić information content (AvgIpc) is 2.56. The summed E-state index contributed by atoms with van der Waals surface area (Å²) in [4.78, 5) is 24.5. The van der Waals surface area contributed by atoms with Crippen LogP contribution in [0.5, 0.6) is 0 Å². The van der Waals surface area contributed by atoms with Crippen LogP contribution in [0.15, 0.2) is 23.1 Å². The molecule has 1 heterocycles. The Hall–Kier alpha value is -1.93. The van der Waals surface area contributed by atoms with Gasteiger partial charge in [-0.25, -0.2) is 8.42 Å². The van der Waals surface area contributed by atoms with Gasteiger partial charge in [-0.15, -0.1) is 0 Å². The Kier molecular flexibility index (Phi) is 6.18. The van der Waals surface area contributed by atoms with Crippen molar-refractivity contribution in [2.45, 2.75) is 38.0 Å². The van der Waals surface area contributed by atoms with E-state index >= 15 is 0 Å². The van der Waals surface area contributed by atoms with Crippen molar-refractivity contribution in [3.8, 4) is 0 Å². The highest BCUT2D eigenvalue weighted by Gasteiger charge is 2.30. The number of carbonyl (C=O) groups is 2. The number of benzene rings is 1. The number of sulfonamides is 1. The number of aliphatic carboxylic acids is 1. The molecular formula is C17H24N2O5S. The molecule has 0 radical (unpaired) electrons. The average molecular weight is 368 g/mol. The molecule has 0 spiro atoms. The lowest BCUT2D eigenvalue weighted by atomic mass is 10.2. The van der Waals surface area contributed by atoms with E-state index in [1.165, 1.54) is 4.31 Å². The van der Waals surface area contributed by atoms with Crippen molar-refractivity contribution in [1.29, 1.82) is 0 Å². The second kappa shape index (κ2) is 7.97. The lowest BCUT2D eigenvalue weighted by molar-refractivity contribution is -0.137. The van der Waals surface area contributed by atoms with Crippen LogP contribution in [0.2, 0.25) is 0 Å². The summed E-state index contributed by atoms with van der Waals surface area (Å²) in [5.41, 5.74) is 1.59. The molecule has 2 rings (SSSR count). The predicted octanol–water partition coefficient (Wildman–Crippen LogP) is 1.39. The van der Waals surface area contributed by atoms with Crippen molar-refractivity contribution in [3.05, 3.63) is 29.3 Å². The van der Waals surface area contributed by atoms with Crippen molar-refractivity contribution in [3.63, 3.8) is 0 Å². The van der Waals surface area contributed by atoms with Crippen molar-refractivity contribution in [2.75, 3.05) is 26.2 Å². The second-order valence-corrected chi connectivity index (χ2v) is 8.21. The Balaban J connectivity index is 1.98. The van der Waals surface area contributed by atoms with E-state index in [1.54, 1.807) is 24.0 Å². The Bertz CT molecular complexity index is 752. The number of piperazine rings is 1. The van der Waals surface area contributed by atoms with Gasteiger partial charge in [-0.1, -0.05) is 12.1 Å². The van der Waals surface area contributed by atoms with Crippen LogP contribution in [0.3, 0.4) is 0 Å². The molecule has 7 nitrogen and oxygen atoms in total. The lowest BCUT2D eigenvalue weighted by Crippen LogP contribution is -2.50. The van der Waals surface area contributed by atoms with Gasteiger partial charge in [0.2, 0.25) is 15.9 Å². The van der Waals surface area contributed by atoms with Crippen LogP contribution in [-0.4, -0.2) is 60.8 Å². The molecule has 1 fully saturated rings. The third-order valence-corrected chi connectivity index (χ3v) is 6.37. The summed E-state index contributed by atoms with van der Waals surface area (Å²) < 4.78 is 27.1. The standard InChI is InChI=1S/C17H24N2O5S/c1-13-6-7-14(2)15(12-13)25(23,24)19-10-8-18(9-11-19)16(20)4-3-5-17(21)22/h6-7,12H,3-5,8-11H2,1-2H3,(H,21,22). The van der Waals surface area contributed by atoms with Crippen molar-refractivity contribution in [1.82, 2.24) is 9.21 Å². The number of amides is 1. The fraction of sp³-hybridized carbons (Fsp3) is 0.529. The molecule has 1 saturated heterocycles. The highest BCUT2D eigenvalue weighted by molar-refractivity contribution is 7.89. The fourth-order valence-electron chi connectivity index (χ4n) is 2.85. The maximum Gasteiger partial charge on any atom is 0.303 e. The molecule has 25 heavy (non-hydrogen) atoms. The minimum Gasteiger partial charge on any atom is -0.481 e. The van der Waals surface area contributed by atoms with Crippen molar-refractivity contribution < 1.29 is 23.1 Å². The zero-order valence-corrected chi connectivity index (χ0v) is 15.4. The first-order valence-corrected chi connectivity index (χ1v) is 9.73. The maximum absolute atomic E-state index is 12.8. The van der Waals surface area contributed by atoms with Crippen LogP contribution in [0.4, 0.5) is 0 Å². The first kappa shape index (κ1) is 19.4. The molecule has 0 bridgehead atoms. The summed E-state index contributed by atoms with van der Waals surface area (Å²) in [5.74, 6) is -1.04. The highest BCUT2D eigenvalue weighted by Crippen LogP contribution is 2.22. The van der Waals surface area contributed by atoms with Gasteiger partial charge in [-0.05, 0) is 37.5 Å². The van der Waals surface area contributed by atoms with E-state index in [1.807, 2.05) is 13.0 Å². The van der Waals surface area contributed by atoms with E-state index < -0.39 is 16.0 Å². The van der Waals surface area contributed by atoms with Gasteiger partial charge in [0.05, 0.1) is 4.90 Å². The van der Waals surface area contributed by atoms with E-state index in [-0.39, 0.29) is 31.8 Å². The van der Waals surface area contributed by atoms with Crippen molar-refractivity contribution in [2.24, 2.45) is 0 Å². The molecule has 0 aliphatic carbocycles. The zero-order chi connectivity index (χ0) is 18.6. The second-order valence-electron chi connectivity index (χ2n) is 6.30. The minimum atomic E-state index is -3.57. The topological polar surface area (TPSA) is 95.0 Å². The lowest BCUT2D eigenvalue weighted by Gasteiger charge is -2.34. The number of hydrogen-bond acceptors (Lipinski definition) is 4. The summed E-state index contributed by atoms with van der Waals surface area (Å²) in [6.07, 6.45) is 0.442. The van der Waals surface area contributed by atoms with Crippen LogP contribution in [0.1, 0.15) is 30.4 Å². The molecular weight excluding hydrogens is 344 g/mol. The Morgan fingerprint density at radius 2 is 1.72 bits per heavy atom. The van der Waals surface area contributed by atoms with Crippen LogP contribution in [0.25, 0.3) is 0 Å².